The van der Waals surface area contributed by atoms with E-state index in [0.29, 0.717) is 33.7 Å². The molecule has 4 aromatic carbocycles. The molecule has 63 heavy (non-hydrogen) atoms. The first kappa shape index (κ1) is 43.5. The van der Waals surface area contributed by atoms with Crippen LogP contribution < -0.4 is 20.9 Å². The van der Waals surface area contributed by atoms with Crippen molar-refractivity contribution < 1.29 is 19.2 Å². The fourth-order valence-electron chi connectivity index (χ4n) is 11.6. The Morgan fingerprint density at radius 1 is 0.619 bits per heavy atom. The predicted octanol–water partition coefficient (Wildman–Crippen LogP) is 9.58. The van der Waals surface area contributed by atoms with Gasteiger partial charge in [0.1, 0.15) is 0 Å². The second-order valence-electron chi connectivity index (χ2n) is 18.7. The number of hydrogen-bond acceptors (Lipinski definition) is 6. The van der Waals surface area contributed by atoms with Crippen LogP contribution in [0, 0.1) is 11.8 Å². The predicted molar refractivity (Wildman–Crippen MR) is 252 cm³/mol. The average molecular weight is 890 g/mol. The van der Waals surface area contributed by atoms with Gasteiger partial charge in [0, 0.05) is 66.8 Å². The van der Waals surface area contributed by atoms with E-state index in [1.165, 1.54) is 28.7 Å². The molecule has 6 aliphatic rings. The van der Waals surface area contributed by atoms with Crippen molar-refractivity contribution in [3.63, 3.8) is 0 Å². The van der Waals surface area contributed by atoms with Crippen LogP contribution in [0.5, 0.6) is 0 Å². The van der Waals surface area contributed by atoms with Gasteiger partial charge in [0.15, 0.2) is 0 Å². The summed E-state index contributed by atoms with van der Waals surface area (Å²) in [6, 6.07) is 24.3. The molecule has 2 fully saturated rings. The smallest absolute Gasteiger partial charge is 0.234 e. The molecular formula is C51H58Cl2N6O4. The molecule has 2 aliphatic carbocycles. The van der Waals surface area contributed by atoms with Crippen LogP contribution in [-0.2, 0) is 32.0 Å². The number of aryl methyl sites for hydroxylation is 2. The Kier molecular flexibility index (Phi) is 12.7. The van der Waals surface area contributed by atoms with Gasteiger partial charge in [-0.05, 0) is 183 Å². The number of carbonyl (C=O) groups is 4. The number of rotatable bonds is 8. The van der Waals surface area contributed by atoms with Crippen LogP contribution >= 0.6 is 23.2 Å². The monoisotopic (exact) mass is 888 g/mol. The van der Waals surface area contributed by atoms with Gasteiger partial charge in [-0.15, -0.1) is 0 Å². The molecule has 0 radical (unpaired) electrons. The summed E-state index contributed by atoms with van der Waals surface area (Å²) >= 11 is 12.3. The molecule has 0 spiro atoms. The highest BCUT2D eigenvalue weighted by atomic mass is 35.5. The summed E-state index contributed by atoms with van der Waals surface area (Å²) in [5.74, 6) is 1.95. The highest BCUT2D eigenvalue weighted by Gasteiger charge is 2.42. The number of anilines is 4. The molecule has 4 atom stereocenters. The first-order chi connectivity index (χ1) is 30.4. The van der Waals surface area contributed by atoms with Gasteiger partial charge < -0.3 is 30.7 Å². The molecular weight excluding hydrogens is 832 g/mol. The summed E-state index contributed by atoms with van der Waals surface area (Å²) in [5, 5.41) is 10.2. The van der Waals surface area contributed by atoms with Crippen LogP contribution in [0.3, 0.4) is 0 Å². The number of halogens is 2. The topological polar surface area (TPSA) is 114 Å². The van der Waals surface area contributed by atoms with Crippen molar-refractivity contribution in [2.45, 2.75) is 88.9 Å². The van der Waals surface area contributed by atoms with Crippen molar-refractivity contribution in [1.29, 1.82) is 0 Å². The Morgan fingerprint density at radius 2 is 1.11 bits per heavy atom. The van der Waals surface area contributed by atoms with Gasteiger partial charge in [-0.1, -0.05) is 47.5 Å². The molecule has 10 rings (SSSR count). The fraction of sp³-hybridized carbons (Fsp3) is 0.451. The van der Waals surface area contributed by atoms with Crippen molar-refractivity contribution in [3.8, 4) is 0 Å². The molecule has 4 unspecified atom stereocenters. The summed E-state index contributed by atoms with van der Waals surface area (Å²) < 4.78 is 0. The number of carbonyl (C=O) groups excluding carboxylic acids is 4. The largest absolute Gasteiger partial charge is 0.326 e. The zero-order valence-corrected chi connectivity index (χ0v) is 38.0. The minimum atomic E-state index is -0.0539. The van der Waals surface area contributed by atoms with Crippen molar-refractivity contribution in [2.75, 3.05) is 67.2 Å². The van der Waals surface area contributed by atoms with Crippen molar-refractivity contribution in [1.82, 2.24) is 9.80 Å². The second-order valence-corrected chi connectivity index (χ2v) is 19.6. The highest BCUT2D eigenvalue weighted by Crippen LogP contribution is 2.46. The molecule has 330 valence electrons. The normalized spacial score (nSPS) is 23.3. The van der Waals surface area contributed by atoms with Crippen LogP contribution in [0.15, 0.2) is 72.8 Å². The summed E-state index contributed by atoms with van der Waals surface area (Å²) in [6.07, 6.45) is 8.70. The number of benzene rings is 4. The first-order valence-electron chi connectivity index (χ1n) is 22.8. The van der Waals surface area contributed by atoms with E-state index >= 15 is 0 Å². The first-order valence-corrected chi connectivity index (χ1v) is 23.6. The Hall–Kier alpha value is -4.74. The number of nitrogens with zero attached hydrogens (tertiary/aromatic N) is 3. The van der Waals surface area contributed by atoms with Gasteiger partial charge in [-0.25, -0.2) is 0 Å². The third kappa shape index (κ3) is 9.28. The third-order valence-electron chi connectivity index (χ3n) is 14.7. The van der Waals surface area contributed by atoms with E-state index in [2.05, 4.69) is 50.0 Å². The summed E-state index contributed by atoms with van der Waals surface area (Å²) in [6.45, 7) is 9.29. The molecule has 10 nitrogen and oxygen atoms in total. The number of nitrogens with one attached hydrogen (secondary N) is 3. The molecule has 2 saturated heterocycles. The van der Waals surface area contributed by atoms with E-state index in [9.17, 15) is 19.2 Å². The standard InChI is InChI=1S/C26H30ClN3O2.C25H28ClN3O2/c1-16(31)28-21-7-5-17-3-4-19(23(17)14-21)15-30-11-9-18(10-12-30)25-22-8-6-20(27)13-24(22)29(2)26(25)32;1-15(30)27-20-6-4-16-2-3-18(22(16)13-20)14-29-10-8-17(9-11-29)24-21-7-5-19(26)12-23(21)28-25(24)31/h5-8,13-14,18-19,25H,3-4,9-12,15H2,1-2H3,(H,28,31);4-7,12-13,17-18,24H,2-3,8-11,14H2,1H3,(H,27,30)(H,28,31). The lowest BCUT2D eigenvalue weighted by molar-refractivity contribution is -0.120. The molecule has 3 N–H and O–H groups in total. The number of piperidine rings is 2. The molecule has 4 aliphatic heterocycles. The highest BCUT2D eigenvalue weighted by molar-refractivity contribution is 6.31. The Bertz CT molecular complexity index is 2420. The van der Waals surface area contributed by atoms with Crippen LogP contribution in [0.25, 0.3) is 0 Å². The number of amides is 4. The lowest BCUT2D eigenvalue weighted by Gasteiger charge is -2.35. The molecule has 4 heterocycles. The zero-order chi connectivity index (χ0) is 43.9. The van der Waals surface area contributed by atoms with Gasteiger partial charge in [0.2, 0.25) is 23.6 Å². The van der Waals surface area contributed by atoms with Gasteiger partial charge in [0.25, 0.3) is 0 Å². The van der Waals surface area contributed by atoms with Crippen molar-refractivity contribution in [3.05, 3.63) is 116 Å². The van der Waals surface area contributed by atoms with Crippen LogP contribution in [0.1, 0.15) is 109 Å². The third-order valence-corrected chi connectivity index (χ3v) is 15.1. The van der Waals surface area contributed by atoms with E-state index in [4.69, 9.17) is 23.2 Å². The van der Waals surface area contributed by atoms with Gasteiger partial charge in [-0.3, -0.25) is 19.2 Å². The SMILES string of the molecule is CC(=O)Nc1ccc2c(c1)C(CN1CCC(C3C(=O)N(C)c4cc(Cl)ccc43)CC1)CC2.CC(=O)Nc1ccc2c(c1)C(CN1CCC(C3C(=O)Nc4cc(Cl)ccc43)CC1)CC2. The summed E-state index contributed by atoms with van der Waals surface area (Å²) in [4.78, 5) is 55.4. The Labute approximate surface area is 381 Å². The quantitative estimate of drug-likeness (QED) is 0.163. The minimum Gasteiger partial charge on any atom is -0.326 e. The molecule has 0 bridgehead atoms. The number of hydrogen-bond donors (Lipinski definition) is 3. The molecule has 0 saturated carbocycles. The molecule has 4 aromatic rings. The molecule has 4 amide bonds. The second kappa shape index (κ2) is 18.4. The van der Waals surface area contributed by atoms with Crippen molar-refractivity contribution >= 4 is 69.6 Å². The maximum absolute atomic E-state index is 13.0. The van der Waals surface area contributed by atoms with Crippen LogP contribution in [0.2, 0.25) is 10.0 Å². The number of likely N-dealkylation sites (N-methyl/N-ethyl adjacent to an activating group) is 1. The lowest BCUT2D eigenvalue weighted by atomic mass is 9.80. The summed E-state index contributed by atoms with van der Waals surface area (Å²) in [5.41, 5.74) is 11.5. The maximum Gasteiger partial charge on any atom is 0.234 e. The lowest BCUT2D eigenvalue weighted by Crippen LogP contribution is -2.39. The number of likely N-dealkylation sites (tertiary alicyclic amines) is 2. The van der Waals surface area contributed by atoms with Gasteiger partial charge in [0.05, 0.1) is 11.8 Å². The minimum absolute atomic E-state index is 0.0301. The molecule has 0 aromatic heterocycles. The zero-order valence-electron chi connectivity index (χ0n) is 36.5. The van der Waals surface area contributed by atoms with Crippen LogP contribution in [-0.4, -0.2) is 79.7 Å². The van der Waals surface area contributed by atoms with E-state index in [0.717, 1.165) is 118 Å². The maximum atomic E-state index is 13.0. The summed E-state index contributed by atoms with van der Waals surface area (Å²) in [7, 11) is 1.86. The Morgan fingerprint density at radius 3 is 1.63 bits per heavy atom. The van der Waals surface area contributed by atoms with E-state index in [-0.39, 0.29) is 35.5 Å². The van der Waals surface area contributed by atoms with E-state index in [1.807, 2.05) is 55.6 Å². The molecule has 12 heteroatoms. The fourth-order valence-corrected chi connectivity index (χ4v) is 11.9. The van der Waals surface area contributed by atoms with E-state index in [1.54, 1.807) is 18.7 Å². The Balaban J connectivity index is 0.000000160. The van der Waals surface area contributed by atoms with Gasteiger partial charge >= 0.3 is 0 Å². The van der Waals surface area contributed by atoms with Crippen LogP contribution in [0.4, 0.5) is 22.7 Å². The average Bonchev–Trinajstić information content (AvgIpc) is 4.00. The van der Waals surface area contributed by atoms with E-state index < -0.39 is 0 Å². The number of fused-ring (bicyclic) bond motifs is 4. The van der Waals surface area contributed by atoms with Crippen molar-refractivity contribution in [2.24, 2.45) is 11.8 Å². The van der Waals surface area contributed by atoms with Gasteiger partial charge in [-0.2, -0.15) is 0 Å².